The first kappa shape index (κ1) is 47.5. The second kappa shape index (κ2) is 32.4. The fourth-order valence-electron chi connectivity index (χ4n) is 6.05. The number of quaternary nitrogens is 1. The van der Waals surface area contributed by atoms with Crippen LogP contribution in [0.3, 0.4) is 0 Å². The molecule has 0 saturated heterocycles. The van der Waals surface area contributed by atoms with E-state index in [9.17, 15) is 19.4 Å². The van der Waals surface area contributed by atoms with Gasteiger partial charge in [-0.15, -0.1) is 0 Å². The number of phosphoric ester groups is 1. The Morgan fingerprint density at radius 3 is 1.40 bits per heavy atom. The summed E-state index contributed by atoms with van der Waals surface area (Å²) in [5.41, 5.74) is 0. The van der Waals surface area contributed by atoms with Crippen LogP contribution < -0.4 is 5.32 Å². The van der Waals surface area contributed by atoms with Crippen LogP contribution in [-0.4, -0.2) is 73.4 Å². The van der Waals surface area contributed by atoms with Crippen LogP contribution in [0, 0.1) is 0 Å². The van der Waals surface area contributed by atoms with E-state index in [0.29, 0.717) is 23.9 Å². The van der Waals surface area contributed by atoms with Crippen molar-refractivity contribution in [3.8, 4) is 0 Å². The van der Waals surface area contributed by atoms with Gasteiger partial charge < -0.3 is 19.8 Å². The van der Waals surface area contributed by atoms with Crippen LogP contribution in [0.5, 0.6) is 0 Å². The Kier molecular flexibility index (Phi) is 32.1. The quantitative estimate of drug-likeness (QED) is 0.0338. The van der Waals surface area contributed by atoms with Gasteiger partial charge in [0, 0.05) is 6.42 Å². The number of rotatable bonds is 37. The molecule has 1 amide bonds. The van der Waals surface area contributed by atoms with Crippen molar-refractivity contribution < 1.29 is 32.9 Å². The molecule has 3 N–H and O–H groups in total. The lowest BCUT2D eigenvalue weighted by molar-refractivity contribution is -0.870. The summed E-state index contributed by atoms with van der Waals surface area (Å²) in [4.78, 5) is 23.0. The Morgan fingerprint density at radius 2 is 1.00 bits per heavy atom. The number of aliphatic hydroxyl groups is 1. The topological polar surface area (TPSA) is 105 Å². The molecule has 8 nitrogen and oxygen atoms in total. The maximum absolute atomic E-state index is 12.8. The number of likely N-dealkylation sites (N-methyl/N-ethyl adjacent to an activating group) is 1. The standard InChI is InChI=1S/C39H81N2O6P/c1-6-8-10-12-14-16-17-18-19-20-21-22-23-25-27-29-31-33-39(43)40-37(36-47-48(44,45)46-35-34-41(3,4)5)38(42)32-30-28-26-24-15-13-11-9-7-2/h37-38,42H,6-36H2,1-5H3,(H-,40,43,44,45)/p+1. The van der Waals surface area contributed by atoms with E-state index in [-0.39, 0.29) is 19.1 Å². The summed E-state index contributed by atoms with van der Waals surface area (Å²) < 4.78 is 23.5. The van der Waals surface area contributed by atoms with Crippen molar-refractivity contribution in [2.24, 2.45) is 0 Å². The maximum Gasteiger partial charge on any atom is 0.472 e. The fourth-order valence-corrected chi connectivity index (χ4v) is 6.78. The van der Waals surface area contributed by atoms with E-state index in [4.69, 9.17) is 9.05 Å². The predicted molar refractivity (Wildman–Crippen MR) is 203 cm³/mol. The number of hydrogen-bond acceptors (Lipinski definition) is 5. The molecular formula is C39H82N2O6P+. The highest BCUT2D eigenvalue weighted by Crippen LogP contribution is 2.43. The Bertz CT molecular complexity index is 763. The summed E-state index contributed by atoms with van der Waals surface area (Å²) in [7, 11) is 1.62. The molecule has 48 heavy (non-hydrogen) atoms. The van der Waals surface area contributed by atoms with Crippen molar-refractivity contribution in [3.05, 3.63) is 0 Å². The summed E-state index contributed by atoms with van der Waals surface area (Å²) in [5.74, 6) is -0.144. The van der Waals surface area contributed by atoms with E-state index in [1.165, 1.54) is 128 Å². The van der Waals surface area contributed by atoms with Crippen molar-refractivity contribution in [1.29, 1.82) is 0 Å². The molecule has 0 bridgehead atoms. The van der Waals surface area contributed by atoms with Crippen molar-refractivity contribution in [3.63, 3.8) is 0 Å². The van der Waals surface area contributed by atoms with E-state index in [2.05, 4.69) is 19.2 Å². The normalized spacial score (nSPS) is 14.6. The molecule has 9 heteroatoms. The molecule has 0 fully saturated rings. The average molecular weight is 706 g/mol. The van der Waals surface area contributed by atoms with Gasteiger partial charge in [0.1, 0.15) is 13.2 Å². The molecule has 288 valence electrons. The molecule has 0 aromatic carbocycles. The Labute approximate surface area is 298 Å². The SMILES string of the molecule is CCCCCCCCCCCCCCCCCCCC(=O)NC(COP(=O)(O)OCC[N+](C)(C)C)C(O)CCCCCCCCCCC. The van der Waals surface area contributed by atoms with E-state index >= 15 is 0 Å². The van der Waals surface area contributed by atoms with Crippen molar-refractivity contribution in [2.75, 3.05) is 40.9 Å². The lowest BCUT2D eigenvalue weighted by Crippen LogP contribution is -2.46. The van der Waals surface area contributed by atoms with Crippen molar-refractivity contribution >= 4 is 13.7 Å². The minimum absolute atomic E-state index is 0.0780. The zero-order chi connectivity index (χ0) is 35.8. The van der Waals surface area contributed by atoms with E-state index in [1.807, 2.05) is 21.1 Å². The number of hydrogen-bond donors (Lipinski definition) is 3. The van der Waals surface area contributed by atoms with Crippen LogP contribution >= 0.6 is 7.82 Å². The summed E-state index contributed by atoms with van der Waals surface area (Å²) in [6, 6.07) is -0.750. The lowest BCUT2D eigenvalue weighted by Gasteiger charge is -2.26. The van der Waals surface area contributed by atoms with Crippen LogP contribution in [0.4, 0.5) is 0 Å². The summed E-state index contributed by atoms with van der Waals surface area (Å²) >= 11 is 0. The van der Waals surface area contributed by atoms with Crippen molar-refractivity contribution in [2.45, 2.75) is 206 Å². The average Bonchev–Trinajstić information content (AvgIpc) is 3.02. The molecule has 0 spiro atoms. The minimum atomic E-state index is -4.30. The number of carbonyl (C=O) groups excluding carboxylic acids is 1. The summed E-state index contributed by atoms with van der Waals surface area (Å²) in [5, 5.41) is 13.8. The zero-order valence-electron chi connectivity index (χ0n) is 32.5. The highest BCUT2D eigenvalue weighted by molar-refractivity contribution is 7.47. The molecule has 0 aliphatic heterocycles. The van der Waals surface area contributed by atoms with Gasteiger partial charge in [-0.3, -0.25) is 13.8 Å². The van der Waals surface area contributed by atoms with Crippen LogP contribution in [0.25, 0.3) is 0 Å². The van der Waals surface area contributed by atoms with E-state index in [1.54, 1.807) is 0 Å². The maximum atomic E-state index is 12.8. The Morgan fingerprint density at radius 1 is 0.625 bits per heavy atom. The van der Waals surface area contributed by atoms with Gasteiger partial charge >= 0.3 is 7.82 Å². The Balaban J connectivity index is 4.30. The first-order chi connectivity index (χ1) is 23.0. The predicted octanol–water partition coefficient (Wildman–Crippen LogP) is 10.6. The van der Waals surface area contributed by atoms with Gasteiger partial charge in [-0.1, -0.05) is 174 Å². The molecule has 0 aromatic heterocycles. The van der Waals surface area contributed by atoms with E-state index in [0.717, 1.165) is 38.5 Å². The molecule has 0 rings (SSSR count). The molecule has 0 aliphatic rings. The Hall–Kier alpha value is -0.500. The van der Waals surface area contributed by atoms with E-state index < -0.39 is 20.0 Å². The van der Waals surface area contributed by atoms with Crippen molar-refractivity contribution in [1.82, 2.24) is 5.32 Å². The number of phosphoric acid groups is 1. The van der Waals surface area contributed by atoms with Crippen LogP contribution in [0.2, 0.25) is 0 Å². The van der Waals surface area contributed by atoms with Crippen LogP contribution in [0.15, 0.2) is 0 Å². The third-order valence-corrected chi connectivity index (χ3v) is 10.3. The lowest BCUT2D eigenvalue weighted by atomic mass is 10.0. The molecule has 3 atom stereocenters. The first-order valence-corrected chi connectivity index (χ1v) is 21.9. The van der Waals surface area contributed by atoms with Crippen LogP contribution in [-0.2, 0) is 18.4 Å². The third-order valence-electron chi connectivity index (χ3n) is 9.36. The number of amides is 1. The number of nitrogens with zero attached hydrogens (tertiary/aromatic N) is 1. The van der Waals surface area contributed by atoms with Gasteiger partial charge in [0.25, 0.3) is 0 Å². The van der Waals surface area contributed by atoms with Gasteiger partial charge in [0.15, 0.2) is 0 Å². The number of nitrogens with one attached hydrogen (secondary N) is 1. The van der Waals surface area contributed by atoms with Gasteiger partial charge in [0.05, 0.1) is 39.9 Å². The monoisotopic (exact) mass is 706 g/mol. The molecule has 0 radical (unpaired) electrons. The highest BCUT2D eigenvalue weighted by atomic mass is 31.2. The van der Waals surface area contributed by atoms with Crippen LogP contribution in [0.1, 0.15) is 194 Å². The molecule has 0 saturated carbocycles. The van der Waals surface area contributed by atoms with Gasteiger partial charge in [-0.25, -0.2) is 4.57 Å². The molecule has 0 aliphatic carbocycles. The number of aliphatic hydroxyl groups excluding tert-OH is 1. The number of unbranched alkanes of at least 4 members (excludes halogenated alkanes) is 24. The third kappa shape index (κ3) is 34.0. The largest absolute Gasteiger partial charge is 0.472 e. The summed E-state index contributed by atoms with van der Waals surface area (Å²) in [6.07, 6.45) is 32.7. The highest BCUT2D eigenvalue weighted by Gasteiger charge is 2.28. The van der Waals surface area contributed by atoms with Gasteiger partial charge in [0.2, 0.25) is 5.91 Å². The smallest absolute Gasteiger partial charge is 0.391 e. The van der Waals surface area contributed by atoms with Gasteiger partial charge in [-0.2, -0.15) is 0 Å². The molecular weight excluding hydrogens is 623 g/mol. The molecule has 0 aromatic rings. The zero-order valence-corrected chi connectivity index (χ0v) is 33.4. The first-order valence-electron chi connectivity index (χ1n) is 20.4. The van der Waals surface area contributed by atoms with Gasteiger partial charge in [-0.05, 0) is 12.8 Å². The minimum Gasteiger partial charge on any atom is -0.391 e. The molecule has 3 unspecified atom stereocenters. The second-order valence-corrected chi connectivity index (χ2v) is 16.8. The summed E-state index contributed by atoms with van der Waals surface area (Å²) in [6.45, 7) is 4.87. The number of carbonyl (C=O) groups is 1. The molecule has 0 heterocycles. The fraction of sp³-hybridized carbons (Fsp3) is 0.974. The second-order valence-electron chi connectivity index (χ2n) is 15.4.